The summed E-state index contributed by atoms with van der Waals surface area (Å²) in [6, 6.07) is 5.33. The molecule has 1 aromatic carbocycles. The van der Waals surface area contributed by atoms with Gasteiger partial charge in [0.15, 0.2) is 5.65 Å². The van der Waals surface area contributed by atoms with Crippen molar-refractivity contribution in [3.63, 3.8) is 0 Å². The molecular weight excluding hydrogens is 258 g/mol. The van der Waals surface area contributed by atoms with Crippen LogP contribution in [0.3, 0.4) is 0 Å². The lowest BCUT2D eigenvalue weighted by Gasteiger charge is -2.06. The summed E-state index contributed by atoms with van der Waals surface area (Å²) in [6.45, 7) is 0.957. The van der Waals surface area contributed by atoms with Crippen LogP contribution >= 0.6 is 0 Å². The molecule has 1 N–H and O–H groups in total. The average Bonchev–Trinajstić information content (AvgIpc) is 2.95. The number of rotatable bonds is 4. The quantitative estimate of drug-likeness (QED) is 0.705. The van der Waals surface area contributed by atoms with Gasteiger partial charge in [-0.25, -0.2) is 0 Å². The molecule has 3 rings (SSSR count). The van der Waals surface area contributed by atoms with Crippen LogP contribution in [-0.2, 0) is 4.74 Å². The SMILES string of the molecule is COCCNC(=O)c1ccc2ncc3nncn3c2c1. The van der Waals surface area contributed by atoms with Gasteiger partial charge in [-0.15, -0.1) is 10.2 Å². The number of carbonyl (C=O) groups excluding carboxylic acids is 1. The van der Waals surface area contributed by atoms with Crippen molar-refractivity contribution >= 4 is 22.6 Å². The number of carbonyl (C=O) groups is 1. The van der Waals surface area contributed by atoms with Crippen LogP contribution in [0.2, 0.25) is 0 Å². The maximum Gasteiger partial charge on any atom is 0.251 e. The monoisotopic (exact) mass is 271 g/mol. The van der Waals surface area contributed by atoms with E-state index in [0.717, 1.165) is 11.0 Å². The minimum absolute atomic E-state index is 0.144. The number of amides is 1. The van der Waals surface area contributed by atoms with Crippen molar-refractivity contribution in [2.45, 2.75) is 0 Å². The second kappa shape index (κ2) is 5.22. The van der Waals surface area contributed by atoms with Gasteiger partial charge >= 0.3 is 0 Å². The topological polar surface area (TPSA) is 81.4 Å². The first-order valence-corrected chi connectivity index (χ1v) is 6.15. The number of ether oxygens (including phenoxy) is 1. The summed E-state index contributed by atoms with van der Waals surface area (Å²) in [4.78, 5) is 16.3. The molecule has 0 saturated carbocycles. The number of nitrogens with zero attached hydrogens (tertiary/aromatic N) is 4. The van der Waals surface area contributed by atoms with Crippen LogP contribution in [-0.4, -0.2) is 45.8 Å². The molecule has 0 aliphatic rings. The molecule has 3 aromatic rings. The molecule has 0 atom stereocenters. The Labute approximate surface area is 114 Å². The van der Waals surface area contributed by atoms with Gasteiger partial charge in [-0.1, -0.05) is 0 Å². The van der Waals surface area contributed by atoms with Crippen molar-refractivity contribution in [1.29, 1.82) is 0 Å². The zero-order chi connectivity index (χ0) is 13.9. The first kappa shape index (κ1) is 12.5. The number of hydrogen-bond donors (Lipinski definition) is 1. The summed E-state index contributed by atoms with van der Waals surface area (Å²) in [6.07, 6.45) is 3.25. The van der Waals surface area contributed by atoms with Gasteiger partial charge in [0.25, 0.3) is 5.91 Å². The molecule has 7 nitrogen and oxygen atoms in total. The van der Waals surface area contributed by atoms with Crippen molar-refractivity contribution in [3.05, 3.63) is 36.3 Å². The number of fused-ring (bicyclic) bond motifs is 3. The predicted molar refractivity (Wildman–Crippen MR) is 72.5 cm³/mol. The van der Waals surface area contributed by atoms with E-state index in [2.05, 4.69) is 20.5 Å². The predicted octanol–water partition coefficient (Wildman–Crippen LogP) is 0.654. The van der Waals surface area contributed by atoms with Crippen molar-refractivity contribution < 1.29 is 9.53 Å². The molecule has 2 heterocycles. The van der Waals surface area contributed by atoms with Gasteiger partial charge in [-0.05, 0) is 18.2 Å². The largest absolute Gasteiger partial charge is 0.383 e. The van der Waals surface area contributed by atoms with Gasteiger partial charge in [0.2, 0.25) is 0 Å². The first-order valence-electron chi connectivity index (χ1n) is 6.15. The van der Waals surface area contributed by atoms with E-state index in [-0.39, 0.29) is 5.91 Å². The third kappa shape index (κ3) is 2.19. The highest BCUT2D eigenvalue weighted by Crippen LogP contribution is 2.15. The van der Waals surface area contributed by atoms with Crippen LogP contribution in [0.15, 0.2) is 30.7 Å². The molecule has 7 heteroatoms. The van der Waals surface area contributed by atoms with E-state index in [9.17, 15) is 4.79 Å². The van der Waals surface area contributed by atoms with Gasteiger partial charge in [0, 0.05) is 19.2 Å². The van der Waals surface area contributed by atoms with Crippen LogP contribution in [0.25, 0.3) is 16.7 Å². The van der Waals surface area contributed by atoms with Gasteiger partial charge in [0.1, 0.15) is 6.33 Å². The number of hydrogen-bond acceptors (Lipinski definition) is 5. The van der Waals surface area contributed by atoms with E-state index in [1.807, 2.05) is 0 Å². The van der Waals surface area contributed by atoms with Gasteiger partial charge < -0.3 is 10.1 Å². The summed E-state index contributed by atoms with van der Waals surface area (Å²) in [7, 11) is 1.59. The lowest BCUT2D eigenvalue weighted by Crippen LogP contribution is -2.26. The molecular formula is C13H13N5O2. The molecule has 0 bridgehead atoms. The van der Waals surface area contributed by atoms with Gasteiger partial charge in [-0.2, -0.15) is 0 Å². The lowest BCUT2D eigenvalue weighted by atomic mass is 10.2. The molecule has 0 saturated heterocycles. The second-order valence-corrected chi connectivity index (χ2v) is 4.27. The van der Waals surface area contributed by atoms with Crippen molar-refractivity contribution in [1.82, 2.24) is 24.9 Å². The van der Waals surface area contributed by atoms with E-state index in [1.54, 1.807) is 42.2 Å². The van der Waals surface area contributed by atoms with Crippen LogP contribution in [0.4, 0.5) is 0 Å². The Balaban J connectivity index is 1.98. The van der Waals surface area contributed by atoms with Crippen LogP contribution in [0.5, 0.6) is 0 Å². The number of benzene rings is 1. The lowest BCUT2D eigenvalue weighted by molar-refractivity contribution is 0.0937. The van der Waals surface area contributed by atoms with E-state index in [1.165, 1.54) is 0 Å². The molecule has 0 aliphatic heterocycles. The van der Waals surface area contributed by atoms with Crippen LogP contribution in [0.1, 0.15) is 10.4 Å². The number of aromatic nitrogens is 4. The average molecular weight is 271 g/mol. The standard InChI is InChI=1S/C13H13N5O2/c1-20-5-4-14-13(19)9-2-3-10-11(6-9)18-8-16-17-12(18)7-15-10/h2-3,6-8H,4-5H2,1H3,(H,14,19). The molecule has 1 amide bonds. The van der Waals surface area contributed by atoms with Crippen LogP contribution < -0.4 is 5.32 Å². The smallest absolute Gasteiger partial charge is 0.251 e. The Morgan fingerprint density at radius 1 is 1.45 bits per heavy atom. The Morgan fingerprint density at radius 3 is 3.20 bits per heavy atom. The minimum Gasteiger partial charge on any atom is -0.383 e. The highest BCUT2D eigenvalue weighted by Gasteiger charge is 2.08. The molecule has 0 fully saturated rings. The molecule has 0 spiro atoms. The van der Waals surface area contributed by atoms with E-state index in [0.29, 0.717) is 24.4 Å². The Hall–Kier alpha value is -2.54. The van der Waals surface area contributed by atoms with E-state index in [4.69, 9.17) is 4.74 Å². The van der Waals surface area contributed by atoms with Crippen molar-refractivity contribution in [2.75, 3.05) is 20.3 Å². The second-order valence-electron chi connectivity index (χ2n) is 4.27. The molecule has 0 aliphatic carbocycles. The summed E-state index contributed by atoms with van der Waals surface area (Å²) in [5.74, 6) is -0.144. The van der Waals surface area contributed by atoms with Crippen molar-refractivity contribution in [2.24, 2.45) is 0 Å². The van der Waals surface area contributed by atoms with Crippen LogP contribution in [0, 0.1) is 0 Å². The third-order valence-corrected chi connectivity index (χ3v) is 2.98. The molecule has 0 radical (unpaired) electrons. The maximum atomic E-state index is 12.0. The minimum atomic E-state index is -0.144. The fourth-order valence-electron chi connectivity index (χ4n) is 1.98. The first-order chi connectivity index (χ1) is 9.79. The van der Waals surface area contributed by atoms with Crippen molar-refractivity contribution in [3.8, 4) is 0 Å². The highest BCUT2D eigenvalue weighted by molar-refractivity contribution is 5.97. The maximum absolute atomic E-state index is 12.0. The van der Waals surface area contributed by atoms with Gasteiger partial charge in [0.05, 0.1) is 23.8 Å². The summed E-state index contributed by atoms with van der Waals surface area (Å²) >= 11 is 0. The zero-order valence-electron chi connectivity index (χ0n) is 10.9. The van der Waals surface area contributed by atoms with E-state index < -0.39 is 0 Å². The van der Waals surface area contributed by atoms with Gasteiger partial charge in [-0.3, -0.25) is 14.2 Å². The molecule has 20 heavy (non-hydrogen) atoms. The third-order valence-electron chi connectivity index (χ3n) is 2.98. The molecule has 0 unspecified atom stereocenters. The Bertz CT molecular complexity index is 768. The van der Waals surface area contributed by atoms with E-state index >= 15 is 0 Å². The number of methoxy groups -OCH3 is 1. The Kier molecular flexibility index (Phi) is 3.26. The summed E-state index contributed by atoms with van der Waals surface area (Å²) in [5.41, 5.74) is 2.80. The fraction of sp³-hybridized carbons (Fsp3) is 0.231. The molecule has 2 aromatic heterocycles. The molecule has 102 valence electrons. The summed E-state index contributed by atoms with van der Waals surface area (Å²) < 4.78 is 6.70. The number of nitrogens with one attached hydrogen (secondary N) is 1. The zero-order valence-corrected chi connectivity index (χ0v) is 10.9. The normalized spacial score (nSPS) is 11.1. The highest BCUT2D eigenvalue weighted by atomic mass is 16.5. The fourth-order valence-corrected chi connectivity index (χ4v) is 1.98. The Morgan fingerprint density at radius 2 is 2.35 bits per heavy atom. The summed E-state index contributed by atoms with van der Waals surface area (Å²) in [5, 5.41) is 10.6.